The number of fused-ring (bicyclic) bond motifs is 1. The van der Waals surface area contributed by atoms with E-state index in [0.29, 0.717) is 12.0 Å². The van der Waals surface area contributed by atoms with Gasteiger partial charge in [-0.3, -0.25) is 14.7 Å². The van der Waals surface area contributed by atoms with Crippen LogP contribution in [0.5, 0.6) is 0 Å². The van der Waals surface area contributed by atoms with Crippen LogP contribution in [-0.4, -0.2) is 62.7 Å². The monoisotopic (exact) mass is 456 g/mol. The second kappa shape index (κ2) is 9.31. The van der Waals surface area contributed by atoms with Crippen LogP contribution in [0.4, 0.5) is 0 Å². The van der Waals surface area contributed by atoms with Gasteiger partial charge in [0.1, 0.15) is 0 Å². The van der Waals surface area contributed by atoms with E-state index in [9.17, 15) is 4.79 Å². The van der Waals surface area contributed by atoms with E-state index in [2.05, 4.69) is 49.6 Å². The van der Waals surface area contributed by atoms with Gasteiger partial charge in [0.05, 0.1) is 18.1 Å². The third-order valence-electron chi connectivity index (χ3n) is 7.68. The van der Waals surface area contributed by atoms with Crippen molar-refractivity contribution >= 4 is 5.91 Å². The molecule has 3 aliphatic rings. The Balaban J connectivity index is 1.06. The van der Waals surface area contributed by atoms with Crippen LogP contribution in [0.25, 0.3) is 5.69 Å². The zero-order chi connectivity index (χ0) is 22.9. The van der Waals surface area contributed by atoms with Gasteiger partial charge in [-0.25, -0.2) is 4.68 Å². The van der Waals surface area contributed by atoms with E-state index in [1.54, 1.807) is 6.20 Å². The third-order valence-corrected chi connectivity index (χ3v) is 7.68. The number of benzene rings is 1. The van der Waals surface area contributed by atoms with Crippen molar-refractivity contribution in [3.8, 4) is 5.69 Å². The second-order valence-corrected chi connectivity index (χ2v) is 9.90. The Morgan fingerprint density at radius 2 is 2.00 bits per heavy atom. The van der Waals surface area contributed by atoms with Gasteiger partial charge in [0.2, 0.25) is 0 Å². The highest BCUT2D eigenvalue weighted by Gasteiger charge is 2.34. The first kappa shape index (κ1) is 21.5. The maximum atomic E-state index is 13.0. The van der Waals surface area contributed by atoms with Crippen LogP contribution >= 0.6 is 0 Å². The molecule has 3 aliphatic heterocycles. The fraction of sp³-hybridized carbons (Fsp3) is 0.444. The fourth-order valence-corrected chi connectivity index (χ4v) is 5.77. The molecule has 6 rings (SSSR count). The van der Waals surface area contributed by atoms with Gasteiger partial charge in [-0.2, -0.15) is 5.10 Å². The quantitative estimate of drug-likeness (QED) is 0.638. The van der Waals surface area contributed by atoms with Crippen LogP contribution in [0.2, 0.25) is 0 Å². The Labute approximate surface area is 200 Å². The van der Waals surface area contributed by atoms with Crippen molar-refractivity contribution in [3.63, 3.8) is 0 Å². The van der Waals surface area contributed by atoms with E-state index in [1.807, 2.05) is 29.2 Å². The number of carbonyl (C=O) groups excluding carboxylic acids is 1. The zero-order valence-corrected chi connectivity index (χ0v) is 19.6. The fourth-order valence-electron chi connectivity index (χ4n) is 5.77. The topological polar surface area (TPSA) is 66.3 Å². The molecular weight excluding hydrogens is 424 g/mol. The molecule has 2 fully saturated rings. The summed E-state index contributed by atoms with van der Waals surface area (Å²) >= 11 is 0. The van der Waals surface area contributed by atoms with Crippen LogP contribution in [0.3, 0.4) is 0 Å². The number of pyridine rings is 1. The van der Waals surface area contributed by atoms with E-state index in [4.69, 9.17) is 0 Å². The molecule has 1 N–H and O–H groups in total. The first-order valence-electron chi connectivity index (χ1n) is 12.6. The number of carbonyl (C=O) groups is 1. The highest BCUT2D eigenvalue weighted by molar-refractivity contribution is 5.98. The number of likely N-dealkylation sites (tertiary alicyclic amines) is 1. The summed E-state index contributed by atoms with van der Waals surface area (Å²) in [5, 5.41) is 7.95. The Morgan fingerprint density at radius 3 is 2.79 bits per heavy atom. The summed E-state index contributed by atoms with van der Waals surface area (Å²) in [5.74, 6) is 0.789. The molecule has 34 heavy (non-hydrogen) atoms. The molecule has 1 aromatic carbocycles. The molecule has 0 spiro atoms. The van der Waals surface area contributed by atoms with E-state index in [0.717, 1.165) is 76.2 Å². The largest absolute Gasteiger partial charge is 0.330 e. The zero-order valence-electron chi connectivity index (χ0n) is 19.6. The lowest BCUT2D eigenvalue weighted by atomic mass is 9.88. The van der Waals surface area contributed by atoms with Crippen LogP contribution in [0, 0.1) is 0 Å². The van der Waals surface area contributed by atoms with Crippen molar-refractivity contribution in [3.05, 3.63) is 77.4 Å². The Hall–Kier alpha value is -3.03. The van der Waals surface area contributed by atoms with Crippen molar-refractivity contribution < 1.29 is 4.79 Å². The van der Waals surface area contributed by atoms with Crippen LogP contribution in [0.15, 0.2) is 55.1 Å². The molecule has 0 radical (unpaired) electrons. The van der Waals surface area contributed by atoms with Crippen LogP contribution in [0.1, 0.15) is 58.6 Å². The summed E-state index contributed by atoms with van der Waals surface area (Å²) in [5.41, 5.74) is 5.76. The predicted molar refractivity (Wildman–Crippen MR) is 131 cm³/mol. The number of hydrogen-bond donors (Lipinski definition) is 1. The van der Waals surface area contributed by atoms with Crippen molar-refractivity contribution in [2.75, 3.05) is 26.2 Å². The second-order valence-electron chi connectivity index (χ2n) is 9.90. The maximum absolute atomic E-state index is 13.0. The molecule has 1 unspecified atom stereocenters. The molecule has 2 saturated heterocycles. The van der Waals surface area contributed by atoms with Crippen molar-refractivity contribution in [1.29, 1.82) is 0 Å². The number of rotatable bonds is 5. The Morgan fingerprint density at radius 1 is 1.09 bits per heavy atom. The van der Waals surface area contributed by atoms with Gasteiger partial charge < -0.3 is 10.2 Å². The minimum Gasteiger partial charge on any atom is -0.330 e. The highest BCUT2D eigenvalue weighted by atomic mass is 16.2. The molecule has 0 bridgehead atoms. The number of nitrogens with zero attached hydrogens (tertiary/aromatic N) is 5. The Bertz CT molecular complexity index is 1140. The standard InChI is InChI=1S/C27H32N6O/c34-27-26-6-5-22(13-23(26)19-32(27)24-3-1-9-28-15-24)21-7-11-31(12-8-21)17-20-14-30-33(18-20)25-4-2-10-29-16-25/h2,4-6,10,13-14,16,18,21,24,28H,1,3,7-9,11-12,15,17,19H2. The van der Waals surface area contributed by atoms with E-state index >= 15 is 0 Å². The molecule has 0 saturated carbocycles. The smallest absolute Gasteiger partial charge is 0.254 e. The number of amides is 1. The third kappa shape index (κ3) is 4.26. The van der Waals surface area contributed by atoms with Gasteiger partial charge >= 0.3 is 0 Å². The van der Waals surface area contributed by atoms with Crippen LogP contribution in [-0.2, 0) is 13.1 Å². The molecule has 176 valence electrons. The number of nitrogens with one attached hydrogen (secondary N) is 1. The first-order chi connectivity index (χ1) is 16.7. The molecule has 7 nitrogen and oxygen atoms in total. The normalized spacial score (nSPS) is 21.7. The maximum Gasteiger partial charge on any atom is 0.254 e. The van der Waals surface area contributed by atoms with Gasteiger partial charge in [0.15, 0.2) is 0 Å². The summed E-state index contributed by atoms with van der Waals surface area (Å²) in [4.78, 5) is 21.8. The minimum absolute atomic E-state index is 0.219. The molecule has 1 atom stereocenters. The highest BCUT2D eigenvalue weighted by Crippen LogP contribution is 2.33. The molecule has 2 aromatic heterocycles. The van der Waals surface area contributed by atoms with Crippen molar-refractivity contribution in [2.24, 2.45) is 0 Å². The average molecular weight is 457 g/mol. The summed E-state index contributed by atoms with van der Waals surface area (Å²) in [6.45, 7) is 5.86. The summed E-state index contributed by atoms with van der Waals surface area (Å²) in [6, 6.07) is 10.9. The van der Waals surface area contributed by atoms with Gasteiger partial charge in [0.25, 0.3) is 5.91 Å². The van der Waals surface area contributed by atoms with Gasteiger partial charge in [-0.15, -0.1) is 0 Å². The van der Waals surface area contributed by atoms with E-state index in [-0.39, 0.29) is 5.91 Å². The first-order valence-corrected chi connectivity index (χ1v) is 12.6. The lowest BCUT2D eigenvalue weighted by Gasteiger charge is -2.32. The SMILES string of the molecule is O=C1c2ccc(C3CCN(Cc4cnn(-c5cccnc5)c4)CC3)cc2CN1C1CCCNC1. The molecule has 0 aliphatic carbocycles. The summed E-state index contributed by atoms with van der Waals surface area (Å²) in [7, 11) is 0. The van der Waals surface area contributed by atoms with Crippen molar-refractivity contribution in [2.45, 2.75) is 50.7 Å². The van der Waals surface area contributed by atoms with Gasteiger partial charge in [-0.05, 0) is 80.6 Å². The van der Waals surface area contributed by atoms with Crippen LogP contribution < -0.4 is 5.32 Å². The van der Waals surface area contributed by atoms with Crippen molar-refractivity contribution in [1.82, 2.24) is 29.9 Å². The molecule has 1 amide bonds. The molecule has 7 heteroatoms. The molecule has 5 heterocycles. The van der Waals surface area contributed by atoms with E-state index in [1.165, 1.54) is 16.7 Å². The van der Waals surface area contributed by atoms with Gasteiger partial charge in [-0.1, -0.05) is 12.1 Å². The van der Waals surface area contributed by atoms with E-state index < -0.39 is 0 Å². The number of piperidine rings is 2. The average Bonchev–Trinajstić information content (AvgIpc) is 3.50. The Kier molecular flexibility index (Phi) is 5.89. The molecule has 3 aromatic rings. The number of aromatic nitrogens is 3. The predicted octanol–water partition coefficient (Wildman–Crippen LogP) is 3.35. The number of hydrogen-bond acceptors (Lipinski definition) is 5. The van der Waals surface area contributed by atoms with Gasteiger partial charge in [0, 0.05) is 49.2 Å². The minimum atomic E-state index is 0.219. The lowest BCUT2D eigenvalue weighted by Crippen LogP contribution is -2.46. The summed E-state index contributed by atoms with van der Waals surface area (Å²) in [6.07, 6.45) is 12.2. The molecular formula is C27H32N6O. The lowest BCUT2D eigenvalue weighted by molar-refractivity contribution is 0.0674. The summed E-state index contributed by atoms with van der Waals surface area (Å²) < 4.78 is 1.90.